The molecule has 0 fully saturated rings. The van der Waals surface area contributed by atoms with Crippen LogP contribution in [-0.4, -0.2) is 46.8 Å². The Morgan fingerprint density at radius 1 is 0.971 bits per heavy atom. The van der Waals surface area contributed by atoms with Gasteiger partial charge in [0.15, 0.2) is 5.78 Å². The average molecular weight is 475 g/mol. The summed E-state index contributed by atoms with van der Waals surface area (Å²) in [6.07, 6.45) is 0.253. The molecule has 1 aliphatic rings. The zero-order valence-electron chi connectivity index (χ0n) is 20.5. The van der Waals surface area contributed by atoms with Crippen LogP contribution in [-0.2, 0) is 24.2 Å². The molecule has 0 N–H and O–H groups in total. The summed E-state index contributed by atoms with van der Waals surface area (Å²) in [5.74, 6) is 1.19. The molecule has 1 aliphatic heterocycles. The highest BCUT2D eigenvalue weighted by atomic mass is 16.6. The van der Waals surface area contributed by atoms with Gasteiger partial charge in [-0.3, -0.25) is 9.59 Å². The van der Waals surface area contributed by atoms with Crippen molar-refractivity contribution in [1.82, 2.24) is 9.80 Å². The lowest BCUT2D eigenvalue weighted by molar-refractivity contribution is 0.0273. The molecule has 35 heavy (non-hydrogen) atoms. The van der Waals surface area contributed by atoms with E-state index in [2.05, 4.69) is 0 Å². The number of carbonyl (C=O) groups excluding carboxylic acids is 3. The molecular formula is C28H30N2O5. The Morgan fingerprint density at radius 3 is 2.26 bits per heavy atom. The van der Waals surface area contributed by atoms with Gasteiger partial charge in [0.1, 0.15) is 17.1 Å². The lowest BCUT2D eigenvalue weighted by Crippen LogP contribution is -2.35. The van der Waals surface area contributed by atoms with Crippen molar-refractivity contribution in [2.24, 2.45) is 0 Å². The average Bonchev–Trinajstić information content (AvgIpc) is 3.24. The van der Waals surface area contributed by atoms with Gasteiger partial charge in [-0.05, 0) is 51.0 Å². The number of carbonyl (C=O) groups is 3. The van der Waals surface area contributed by atoms with Crippen LogP contribution in [0.2, 0.25) is 0 Å². The molecule has 7 heteroatoms. The minimum absolute atomic E-state index is 0.0772. The van der Waals surface area contributed by atoms with Crippen LogP contribution in [0.15, 0.2) is 65.1 Å². The van der Waals surface area contributed by atoms with E-state index in [-0.39, 0.29) is 18.2 Å². The van der Waals surface area contributed by atoms with Gasteiger partial charge in [0.2, 0.25) is 0 Å². The Kier molecular flexibility index (Phi) is 6.78. The number of nitrogens with zero attached hydrogens (tertiary/aromatic N) is 2. The molecule has 182 valence electrons. The molecule has 1 aromatic heterocycles. The standard InChI is InChI=1S/C28H30N2O5/c1-28(2,3)35-27(33)29(4)17-23-16-22-14-15-30(18-24(22)34-23)26(32)21-12-10-20(11-13-21)25(31)19-8-6-5-7-9-19/h5-13,16H,14-15,17-18H2,1-4H3. The molecule has 2 amide bonds. The van der Waals surface area contributed by atoms with Gasteiger partial charge in [0.25, 0.3) is 5.91 Å². The van der Waals surface area contributed by atoms with E-state index >= 15 is 0 Å². The zero-order valence-corrected chi connectivity index (χ0v) is 20.5. The van der Waals surface area contributed by atoms with Crippen molar-refractivity contribution >= 4 is 17.8 Å². The fraction of sp³-hybridized carbons (Fsp3) is 0.321. The molecule has 0 unspecified atom stereocenters. The van der Waals surface area contributed by atoms with Gasteiger partial charge in [-0.15, -0.1) is 0 Å². The van der Waals surface area contributed by atoms with Gasteiger partial charge in [0, 0.05) is 30.3 Å². The summed E-state index contributed by atoms with van der Waals surface area (Å²) in [6.45, 7) is 6.68. The minimum Gasteiger partial charge on any atom is -0.462 e. The molecule has 0 aliphatic carbocycles. The van der Waals surface area contributed by atoms with Gasteiger partial charge in [-0.1, -0.05) is 42.5 Å². The van der Waals surface area contributed by atoms with Crippen molar-refractivity contribution in [2.45, 2.75) is 45.9 Å². The summed E-state index contributed by atoms with van der Waals surface area (Å²) in [5.41, 5.74) is 2.15. The molecule has 7 nitrogen and oxygen atoms in total. The molecular weight excluding hydrogens is 444 g/mol. The summed E-state index contributed by atoms with van der Waals surface area (Å²) < 4.78 is 11.4. The highest BCUT2D eigenvalue weighted by molar-refractivity contribution is 6.09. The molecule has 0 saturated carbocycles. The van der Waals surface area contributed by atoms with Crippen molar-refractivity contribution in [1.29, 1.82) is 0 Å². The first-order chi connectivity index (χ1) is 16.6. The largest absolute Gasteiger partial charge is 0.462 e. The van der Waals surface area contributed by atoms with Crippen LogP contribution >= 0.6 is 0 Å². The van der Waals surface area contributed by atoms with Crippen LogP contribution in [0.5, 0.6) is 0 Å². The van der Waals surface area contributed by atoms with Crippen molar-refractivity contribution in [3.8, 4) is 0 Å². The summed E-state index contributed by atoms with van der Waals surface area (Å²) in [6, 6.07) is 17.8. The second-order valence-electron chi connectivity index (χ2n) is 9.75. The maximum atomic E-state index is 13.1. The van der Waals surface area contributed by atoms with Gasteiger partial charge < -0.3 is 19.0 Å². The lowest BCUT2D eigenvalue weighted by Gasteiger charge is -2.26. The molecule has 3 aromatic rings. The van der Waals surface area contributed by atoms with E-state index in [1.54, 1.807) is 48.3 Å². The van der Waals surface area contributed by atoms with Crippen molar-refractivity contribution in [2.75, 3.05) is 13.6 Å². The molecule has 0 atom stereocenters. The third-order valence-electron chi connectivity index (χ3n) is 5.75. The molecule has 0 radical (unpaired) electrons. The molecule has 4 rings (SSSR count). The van der Waals surface area contributed by atoms with Crippen molar-refractivity contribution < 1.29 is 23.5 Å². The van der Waals surface area contributed by atoms with Gasteiger partial charge >= 0.3 is 6.09 Å². The Balaban J connectivity index is 1.39. The third-order valence-corrected chi connectivity index (χ3v) is 5.75. The van der Waals surface area contributed by atoms with Crippen LogP contribution < -0.4 is 0 Å². The Bertz CT molecular complexity index is 1220. The number of ether oxygens (including phenoxy) is 1. The van der Waals surface area contributed by atoms with Crippen LogP contribution in [0.4, 0.5) is 4.79 Å². The minimum atomic E-state index is -0.568. The monoisotopic (exact) mass is 474 g/mol. The molecule has 2 aromatic carbocycles. The van der Waals surface area contributed by atoms with E-state index in [4.69, 9.17) is 9.15 Å². The fourth-order valence-corrected chi connectivity index (χ4v) is 3.97. The maximum absolute atomic E-state index is 13.1. The lowest BCUT2D eigenvalue weighted by atomic mass is 10.0. The second-order valence-corrected chi connectivity index (χ2v) is 9.75. The smallest absolute Gasteiger partial charge is 0.410 e. The topological polar surface area (TPSA) is 80.1 Å². The van der Waals surface area contributed by atoms with Crippen LogP contribution in [0, 0.1) is 0 Å². The summed E-state index contributed by atoms with van der Waals surface area (Å²) >= 11 is 0. The van der Waals surface area contributed by atoms with Crippen molar-refractivity contribution in [3.63, 3.8) is 0 Å². The van der Waals surface area contributed by atoms with Gasteiger partial charge in [-0.2, -0.15) is 0 Å². The summed E-state index contributed by atoms with van der Waals surface area (Å²) in [7, 11) is 1.66. The number of hydrogen-bond acceptors (Lipinski definition) is 5. The fourth-order valence-electron chi connectivity index (χ4n) is 3.97. The van der Waals surface area contributed by atoms with E-state index in [0.717, 1.165) is 11.3 Å². The predicted octanol–water partition coefficient (Wildman–Crippen LogP) is 5.08. The SMILES string of the molecule is CN(Cc1cc2c(o1)CN(C(=O)c1ccc(C(=O)c3ccccc3)cc1)CC2)C(=O)OC(C)(C)C. The normalized spacial score (nSPS) is 13.2. The number of amides is 2. The second kappa shape index (κ2) is 9.78. The van der Waals surface area contributed by atoms with E-state index in [1.165, 1.54) is 4.90 Å². The first-order valence-electron chi connectivity index (χ1n) is 11.6. The summed E-state index contributed by atoms with van der Waals surface area (Å²) in [4.78, 5) is 41.2. The Morgan fingerprint density at radius 2 is 1.60 bits per heavy atom. The van der Waals surface area contributed by atoms with Crippen LogP contribution in [0.25, 0.3) is 0 Å². The highest BCUT2D eigenvalue weighted by Crippen LogP contribution is 2.25. The van der Waals surface area contributed by atoms with Crippen LogP contribution in [0.1, 0.15) is 64.1 Å². The van der Waals surface area contributed by atoms with Gasteiger partial charge in [0.05, 0.1) is 13.1 Å². The van der Waals surface area contributed by atoms with E-state index < -0.39 is 11.7 Å². The first-order valence-corrected chi connectivity index (χ1v) is 11.6. The van der Waals surface area contributed by atoms with Crippen LogP contribution in [0.3, 0.4) is 0 Å². The third kappa shape index (κ3) is 5.80. The number of rotatable bonds is 5. The Labute approximate surface area is 205 Å². The maximum Gasteiger partial charge on any atom is 0.410 e. The number of fused-ring (bicyclic) bond motifs is 1. The molecule has 0 saturated heterocycles. The van der Waals surface area contributed by atoms with Gasteiger partial charge in [-0.25, -0.2) is 4.79 Å². The molecule has 0 bridgehead atoms. The molecule has 0 spiro atoms. The predicted molar refractivity (Wildman–Crippen MR) is 131 cm³/mol. The Hall–Kier alpha value is -3.87. The van der Waals surface area contributed by atoms with E-state index in [9.17, 15) is 14.4 Å². The quantitative estimate of drug-likeness (QED) is 0.482. The highest BCUT2D eigenvalue weighted by Gasteiger charge is 2.26. The first kappa shape index (κ1) is 24.3. The van der Waals surface area contributed by atoms with E-state index in [1.807, 2.05) is 45.0 Å². The zero-order chi connectivity index (χ0) is 25.2. The number of hydrogen-bond donors (Lipinski definition) is 0. The summed E-state index contributed by atoms with van der Waals surface area (Å²) in [5, 5.41) is 0. The van der Waals surface area contributed by atoms with Crippen molar-refractivity contribution in [3.05, 3.63) is 94.4 Å². The molecule has 2 heterocycles. The van der Waals surface area contributed by atoms with E-state index in [0.29, 0.717) is 42.0 Å². The number of furan rings is 1. The number of benzene rings is 2. The number of ketones is 1.